The molecule has 0 spiro atoms. The first-order chi connectivity index (χ1) is 10.6. The molecule has 0 bridgehead atoms. The SMILES string of the molecule is Cc1cccc(OCCSc2nc3ccsc3c(=O)n2C)c1. The highest BCUT2D eigenvalue weighted by atomic mass is 32.2. The second-order valence-corrected chi connectivity index (χ2v) is 6.89. The van der Waals surface area contributed by atoms with Crippen molar-refractivity contribution in [3.63, 3.8) is 0 Å². The summed E-state index contributed by atoms with van der Waals surface area (Å²) >= 11 is 2.97. The summed E-state index contributed by atoms with van der Waals surface area (Å²) in [7, 11) is 1.76. The van der Waals surface area contributed by atoms with Crippen LogP contribution in [-0.4, -0.2) is 21.9 Å². The van der Waals surface area contributed by atoms with Crippen molar-refractivity contribution in [2.75, 3.05) is 12.4 Å². The molecule has 0 amide bonds. The summed E-state index contributed by atoms with van der Waals surface area (Å²) in [4.78, 5) is 16.7. The highest BCUT2D eigenvalue weighted by Gasteiger charge is 2.09. The third-order valence-electron chi connectivity index (χ3n) is 3.22. The fourth-order valence-corrected chi connectivity index (χ4v) is 3.69. The van der Waals surface area contributed by atoms with Crippen LogP contribution in [0.3, 0.4) is 0 Å². The Morgan fingerprint density at radius 3 is 3.05 bits per heavy atom. The summed E-state index contributed by atoms with van der Waals surface area (Å²) in [5.41, 5.74) is 1.97. The van der Waals surface area contributed by atoms with Crippen LogP contribution >= 0.6 is 23.1 Å². The van der Waals surface area contributed by atoms with Crippen LogP contribution in [0.5, 0.6) is 5.75 Å². The summed E-state index contributed by atoms with van der Waals surface area (Å²) in [6.07, 6.45) is 0. The zero-order valence-corrected chi connectivity index (χ0v) is 14.0. The Kier molecular flexibility index (Phi) is 4.49. The molecule has 0 radical (unpaired) electrons. The normalized spacial score (nSPS) is 11.0. The van der Waals surface area contributed by atoms with Crippen molar-refractivity contribution in [2.45, 2.75) is 12.1 Å². The number of nitrogens with zero attached hydrogens (tertiary/aromatic N) is 2. The Hall–Kier alpha value is -1.79. The van der Waals surface area contributed by atoms with Crippen LogP contribution in [0, 0.1) is 6.92 Å². The van der Waals surface area contributed by atoms with Crippen molar-refractivity contribution in [1.82, 2.24) is 9.55 Å². The Morgan fingerprint density at radius 1 is 1.36 bits per heavy atom. The first kappa shape index (κ1) is 15.1. The number of fused-ring (bicyclic) bond motifs is 1. The van der Waals surface area contributed by atoms with Gasteiger partial charge in [0.05, 0.1) is 12.1 Å². The van der Waals surface area contributed by atoms with Crippen LogP contribution in [0.25, 0.3) is 10.2 Å². The van der Waals surface area contributed by atoms with Crippen molar-refractivity contribution in [3.05, 3.63) is 51.6 Å². The van der Waals surface area contributed by atoms with Gasteiger partial charge in [0.15, 0.2) is 5.16 Å². The molecule has 0 atom stereocenters. The van der Waals surface area contributed by atoms with E-state index in [0.29, 0.717) is 11.3 Å². The summed E-state index contributed by atoms with van der Waals surface area (Å²) in [6.45, 7) is 2.61. The molecule has 114 valence electrons. The molecule has 0 unspecified atom stereocenters. The van der Waals surface area contributed by atoms with E-state index < -0.39 is 0 Å². The molecule has 0 N–H and O–H groups in total. The first-order valence-electron chi connectivity index (χ1n) is 6.91. The largest absolute Gasteiger partial charge is 0.493 e. The lowest BCUT2D eigenvalue weighted by atomic mass is 10.2. The van der Waals surface area contributed by atoms with Crippen LogP contribution in [-0.2, 0) is 7.05 Å². The molecule has 2 heterocycles. The van der Waals surface area contributed by atoms with Gasteiger partial charge in [-0.05, 0) is 36.1 Å². The molecule has 6 heteroatoms. The van der Waals surface area contributed by atoms with Crippen LogP contribution < -0.4 is 10.3 Å². The van der Waals surface area contributed by atoms with E-state index in [-0.39, 0.29) is 5.56 Å². The van der Waals surface area contributed by atoms with Gasteiger partial charge in [0.1, 0.15) is 10.4 Å². The number of aryl methyl sites for hydroxylation is 1. The number of ether oxygens (including phenoxy) is 1. The molecule has 0 aliphatic rings. The van der Waals surface area contributed by atoms with Gasteiger partial charge in [-0.2, -0.15) is 0 Å². The number of rotatable bonds is 5. The predicted molar refractivity (Wildman–Crippen MR) is 92.3 cm³/mol. The number of hydrogen-bond donors (Lipinski definition) is 0. The molecular weight excluding hydrogens is 316 g/mol. The topological polar surface area (TPSA) is 44.1 Å². The molecule has 0 aliphatic carbocycles. The molecule has 0 saturated carbocycles. The first-order valence-corrected chi connectivity index (χ1v) is 8.78. The Labute approximate surface area is 136 Å². The lowest BCUT2D eigenvalue weighted by Gasteiger charge is -2.08. The summed E-state index contributed by atoms with van der Waals surface area (Å²) in [6, 6.07) is 9.86. The van der Waals surface area contributed by atoms with Gasteiger partial charge in [-0.25, -0.2) is 4.98 Å². The Bertz CT molecular complexity index is 855. The van der Waals surface area contributed by atoms with Crippen molar-refractivity contribution >= 4 is 33.3 Å². The lowest BCUT2D eigenvalue weighted by Crippen LogP contribution is -2.19. The van der Waals surface area contributed by atoms with E-state index in [0.717, 1.165) is 22.2 Å². The molecule has 0 fully saturated rings. The van der Waals surface area contributed by atoms with E-state index >= 15 is 0 Å². The predicted octanol–water partition coefficient (Wildman–Crippen LogP) is 3.47. The molecule has 2 aromatic heterocycles. The maximum Gasteiger partial charge on any atom is 0.271 e. The fourth-order valence-electron chi connectivity index (χ4n) is 2.09. The second kappa shape index (κ2) is 6.54. The Balaban J connectivity index is 1.64. The lowest BCUT2D eigenvalue weighted by molar-refractivity contribution is 0.343. The minimum atomic E-state index is 0.0158. The standard InChI is InChI=1S/C16H16N2O2S2/c1-11-4-3-5-12(10-11)20-7-9-22-16-17-13-6-8-21-14(13)15(19)18(16)2/h3-6,8,10H,7,9H2,1-2H3. The smallest absolute Gasteiger partial charge is 0.271 e. The monoisotopic (exact) mass is 332 g/mol. The van der Waals surface area contributed by atoms with E-state index in [1.807, 2.05) is 42.6 Å². The second-order valence-electron chi connectivity index (χ2n) is 4.91. The van der Waals surface area contributed by atoms with Gasteiger partial charge in [0, 0.05) is 12.8 Å². The number of aromatic nitrogens is 2. The van der Waals surface area contributed by atoms with Crippen LogP contribution in [0.4, 0.5) is 0 Å². The maximum atomic E-state index is 12.2. The van der Waals surface area contributed by atoms with E-state index in [1.54, 1.807) is 11.6 Å². The zero-order chi connectivity index (χ0) is 15.5. The van der Waals surface area contributed by atoms with Crippen molar-refractivity contribution in [1.29, 1.82) is 0 Å². The van der Waals surface area contributed by atoms with E-state index in [1.165, 1.54) is 28.7 Å². The molecule has 3 aromatic rings. The number of hydrogen-bond acceptors (Lipinski definition) is 5. The number of thioether (sulfide) groups is 1. The van der Waals surface area contributed by atoms with E-state index in [9.17, 15) is 4.79 Å². The van der Waals surface area contributed by atoms with Crippen molar-refractivity contribution in [3.8, 4) is 5.75 Å². The van der Waals surface area contributed by atoms with Gasteiger partial charge < -0.3 is 4.74 Å². The molecule has 22 heavy (non-hydrogen) atoms. The summed E-state index contributed by atoms with van der Waals surface area (Å²) in [5, 5.41) is 2.62. The quantitative estimate of drug-likeness (QED) is 0.408. The average molecular weight is 332 g/mol. The number of thiophene rings is 1. The Morgan fingerprint density at radius 2 is 2.23 bits per heavy atom. The van der Waals surface area contributed by atoms with Crippen molar-refractivity contribution in [2.24, 2.45) is 7.05 Å². The third kappa shape index (κ3) is 3.18. The van der Waals surface area contributed by atoms with Crippen LogP contribution in [0.15, 0.2) is 45.7 Å². The molecule has 4 nitrogen and oxygen atoms in total. The molecule has 0 aliphatic heterocycles. The molecule has 1 aromatic carbocycles. The fraction of sp³-hybridized carbons (Fsp3) is 0.250. The summed E-state index contributed by atoms with van der Waals surface area (Å²) in [5.74, 6) is 1.61. The average Bonchev–Trinajstić information content (AvgIpc) is 2.97. The number of benzene rings is 1. The van der Waals surface area contributed by atoms with E-state index in [4.69, 9.17) is 4.74 Å². The van der Waals surface area contributed by atoms with Gasteiger partial charge in [-0.1, -0.05) is 23.9 Å². The van der Waals surface area contributed by atoms with Crippen LogP contribution in [0.2, 0.25) is 0 Å². The van der Waals surface area contributed by atoms with Crippen molar-refractivity contribution < 1.29 is 4.74 Å². The van der Waals surface area contributed by atoms with Gasteiger partial charge in [-0.15, -0.1) is 11.3 Å². The zero-order valence-electron chi connectivity index (χ0n) is 12.4. The molecular formula is C16H16N2O2S2. The van der Waals surface area contributed by atoms with E-state index in [2.05, 4.69) is 4.98 Å². The van der Waals surface area contributed by atoms with Gasteiger partial charge in [0.2, 0.25) is 0 Å². The maximum absolute atomic E-state index is 12.2. The highest BCUT2D eigenvalue weighted by Crippen LogP contribution is 2.20. The minimum absolute atomic E-state index is 0.0158. The molecule has 0 saturated heterocycles. The van der Waals surface area contributed by atoms with Gasteiger partial charge in [0.25, 0.3) is 5.56 Å². The molecule has 3 rings (SSSR count). The third-order valence-corrected chi connectivity index (χ3v) is 5.10. The summed E-state index contributed by atoms with van der Waals surface area (Å²) < 4.78 is 8.04. The minimum Gasteiger partial charge on any atom is -0.493 e. The highest BCUT2D eigenvalue weighted by molar-refractivity contribution is 7.99. The van der Waals surface area contributed by atoms with Gasteiger partial charge in [-0.3, -0.25) is 9.36 Å². The van der Waals surface area contributed by atoms with Gasteiger partial charge >= 0.3 is 0 Å². The van der Waals surface area contributed by atoms with Crippen LogP contribution in [0.1, 0.15) is 5.56 Å².